The summed E-state index contributed by atoms with van der Waals surface area (Å²) < 4.78 is 6.96. The minimum atomic E-state index is -0.989. The van der Waals surface area contributed by atoms with Crippen LogP contribution in [0.5, 0.6) is 0 Å². The molecular weight excluding hydrogens is 324 g/mol. The number of aryl methyl sites for hydroxylation is 1. The Kier molecular flexibility index (Phi) is 4.46. The highest BCUT2D eigenvalue weighted by Crippen LogP contribution is 2.22. The van der Waals surface area contributed by atoms with Crippen LogP contribution in [-0.4, -0.2) is 32.2 Å². The predicted octanol–water partition coefficient (Wildman–Crippen LogP) is 1.96. The highest BCUT2D eigenvalue weighted by atomic mass is 16.4. The Morgan fingerprint density at radius 3 is 2.96 bits per heavy atom. The van der Waals surface area contributed by atoms with Gasteiger partial charge in [-0.05, 0) is 24.3 Å². The van der Waals surface area contributed by atoms with Crippen molar-refractivity contribution in [1.29, 1.82) is 0 Å². The Morgan fingerprint density at radius 1 is 1.40 bits per heavy atom. The fourth-order valence-corrected chi connectivity index (χ4v) is 2.18. The number of anilines is 1. The van der Waals surface area contributed by atoms with Crippen molar-refractivity contribution in [2.45, 2.75) is 13.3 Å². The maximum Gasteiger partial charge on any atom is 0.335 e. The van der Waals surface area contributed by atoms with E-state index in [-0.39, 0.29) is 5.56 Å². The van der Waals surface area contributed by atoms with Crippen LogP contribution in [0, 0.1) is 0 Å². The molecule has 2 heterocycles. The van der Waals surface area contributed by atoms with Crippen molar-refractivity contribution in [3.8, 4) is 11.3 Å². The van der Waals surface area contributed by atoms with Gasteiger partial charge in [0.25, 0.3) is 5.95 Å². The maximum atomic E-state index is 11.0. The van der Waals surface area contributed by atoms with Gasteiger partial charge in [-0.3, -0.25) is 0 Å². The molecule has 4 N–H and O–H groups in total. The number of rotatable bonds is 6. The second-order valence-corrected chi connectivity index (χ2v) is 5.12. The molecule has 3 aromatic rings. The molecule has 0 saturated heterocycles. The Morgan fingerprint density at radius 2 is 2.24 bits per heavy atom. The zero-order valence-corrected chi connectivity index (χ0v) is 13.4. The van der Waals surface area contributed by atoms with Gasteiger partial charge in [0, 0.05) is 12.0 Å². The summed E-state index contributed by atoms with van der Waals surface area (Å²) >= 11 is 0. The molecule has 0 spiro atoms. The van der Waals surface area contributed by atoms with Crippen molar-refractivity contribution >= 4 is 18.1 Å². The van der Waals surface area contributed by atoms with Crippen LogP contribution < -0.4 is 11.3 Å². The van der Waals surface area contributed by atoms with Gasteiger partial charge >= 0.3 is 5.97 Å². The van der Waals surface area contributed by atoms with E-state index in [4.69, 9.17) is 15.4 Å². The molecule has 0 unspecified atom stereocenters. The molecule has 0 aliphatic rings. The van der Waals surface area contributed by atoms with E-state index in [0.717, 1.165) is 0 Å². The van der Waals surface area contributed by atoms with Gasteiger partial charge in [0.2, 0.25) is 0 Å². The Bertz CT molecular complexity index is 928. The van der Waals surface area contributed by atoms with Crippen molar-refractivity contribution in [1.82, 2.24) is 14.9 Å². The molecule has 0 aliphatic carbocycles. The van der Waals surface area contributed by atoms with E-state index in [2.05, 4.69) is 20.7 Å². The summed E-state index contributed by atoms with van der Waals surface area (Å²) in [5, 5.41) is 20.8. The molecule has 3 rings (SSSR count). The van der Waals surface area contributed by atoms with Crippen molar-refractivity contribution in [2.75, 3.05) is 11.3 Å². The van der Waals surface area contributed by atoms with Crippen LogP contribution in [-0.2, 0) is 6.42 Å². The molecule has 0 radical (unpaired) electrons. The lowest BCUT2D eigenvalue weighted by Gasteiger charge is -2.00. The molecule has 9 heteroatoms. The third-order valence-electron chi connectivity index (χ3n) is 3.46. The standard InChI is InChI=1S/C16H16N6O3/c1-2-14-19-21-16(22(14)17)20-18-9-12-6-7-13(25-12)10-4-3-5-11(8-10)15(23)24/h3-9H,2,17H2,1H3,(H,20,21)(H,23,24)/b18-9+. The second kappa shape index (κ2) is 6.87. The summed E-state index contributed by atoms with van der Waals surface area (Å²) in [5.41, 5.74) is 3.55. The van der Waals surface area contributed by atoms with Gasteiger partial charge in [-0.1, -0.05) is 19.1 Å². The Hall–Kier alpha value is -3.62. The van der Waals surface area contributed by atoms with Crippen molar-refractivity contribution in [2.24, 2.45) is 5.10 Å². The SMILES string of the molecule is CCc1nnc(N/N=C/c2ccc(-c3cccc(C(=O)O)c3)o2)n1N. The van der Waals surface area contributed by atoms with Crippen LogP contribution in [0.25, 0.3) is 11.3 Å². The number of nitrogens with one attached hydrogen (secondary N) is 1. The molecule has 9 nitrogen and oxygen atoms in total. The summed E-state index contributed by atoms with van der Waals surface area (Å²) in [4.78, 5) is 11.0. The third-order valence-corrected chi connectivity index (χ3v) is 3.46. The van der Waals surface area contributed by atoms with Crippen molar-refractivity contribution < 1.29 is 14.3 Å². The largest absolute Gasteiger partial charge is 0.478 e. The smallest absolute Gasteiger partial charge is 0.335 e. The number of carboxylic acid groups (broad SMARTS) is 1. The lowest BCUT2D eigenvalue weighted by atomic mass is 10.1. The van der Waals surface area contributed by atoms with Crippen molar-refractivity contribution in [3.63, 3.8) is 0 Å². The first-order valence-electron chi connectivity index (χ1n) is 7.50. The minimum absolute atomic E-state index is 0.194. The van der Waals surface area contributed by atoms with E-state index in [0.29, 0.717) is 35.3 Å². The summed E-state index contributed by atoms with van der Waals surface area (Å²) in [5.74, 6) is 6.79. The lowest BCUT2D eigenvalue weighted by molar-refractivity contribution is 0.0697. The monoisotopic (exact) mass is 340 g/mol. The first kappa shape index (κ1) is 16.2. The number of aromatic nitrogens is 3. The van der Waals surface area contributed by atoms with Gasteiger partial charge in [-0.2, -0.15) is 5.10 Å². The average Bonchev–Trinajstić information content (AvgIpc) is 3.22. The average molecular weight is 340 g/mol. The van der Waals surface area contributed by atoms with Gasteiger partial charge in [-0.25, -0.2) is 14.9 Å². The highest BCUT2D eigenvalue weighted by Gasteiger charge is 2.08. The molecule has 1 aromatic carbocycles. The zero-order chi connectivity index (χ0) is 17.8. The number of carbonyl (C=O) groups is 1. The molecular formula is C16H16N6O3. The number of hydrogen-bond acceptors (Lipinski definition) is 7. The zero-order valence-electron chi connectivity index (χ0n) is 13.4. The molecule has 25 heavy (non-hydrogen) atoms. The fourth-order valence-electron chi connectivity index (χ4n) is 2.18. The van der Waals surface area contributed by atoms with E-state index in [1.165, 1.54) is 17.0 Å². The van der Waals surface area contributed by atoms with Crippen LogP contribution in [0.1, 0.15) is 28.9 Å². The van der Waals surface area contributed by atoms with Crippen LogP contribution >= 0.6 is 0 Å². The Balaban J connectivity index is 1.72. The molecule has 0 bridgehead atoms. The minimum Gasteiger partial charge on any atom is -0.478 e. The first-order chi connectivity index (χ1) is 12.1. The number of benzene rings is 1. The highest BCUT2D eigenvalue weighted by molar-refractivity contribution is 5.89. The van der Waals surface area contributed by atoms with Gasteiger partial charge in [0.1, 0.15) is 11.5 Å². The number of carboxylic acids is 1. The third kappa shape index (κ3) is 3.50. The molecule has 0 atom stereocenters. The van der Waals surface area contributed by atoms with E-state index >= 15 is 0 Å². The normalized spacial score (nSPS) is 11.1. The Labute approximate surface area is 142 Å². The number of aromatic carboxylic acids is 1. The molecule has 0 fully saturated rings. The summed E-state index contributed by atoms with van der Waals surface area (Å²) in [7, 11) is 0. The van der Waals surface area contributed by atoms with Crippen LogP contribution in [0.15, 0.2) is 45.9 Å². The maximum absolute atomic E-state index is 11.0. The van der Waals surface area contributed by atoms with Crippen LogP contribution in [0.4, 0.5) is 5.95 Å². The topological polar surface area (TPSA) is 132 Å². The van der Waals surface area contributed by atoms with E-state index in [9.17, 15) is 4.79 Å². The summed E-state index contributed by atoms with van der Waals surface area (Å²) in [6.07, 6.45) is 2.12. The van der Waals surface area contributed by atoms with E-state index in [1.54, 1.807) is 30.3 Å². The molecule has 0 amide bonds. The second-order valence-electron chi connectivity index (χ2n) is 5.12. The van der Waals surface area contributed by atoms with Crippen LogP contribution in [0.3, 0.4) is 0 Å². The molecule has 0 saturated carbocycles. The number of furan rings is 1. The lowest BCUT2D eigenvalue weighted by Crippen LogP contribution is -2.14. The predicted molar refractivity (Wildman–Crippen MR) is 91.9 cm³/mol. The molecule has 128 valence electrons. The summed E-state index contributed by atoms with van der Waals surface area (Å²) in [6, 6.07) is 9.96. The molecule has 2 aromatic heterocycles. The number of hydrazone groups is 1. The fraction of sp³-hybridized carbons (Fsp3) is 0.125. The number of nitrogen functional groups attached to an aromatic ring is 1. The van der Waals surface area contributed by atoms with E-state index in [1.807, 2.05) is 6.92 Å². The van der Waals surface area contributed by atoms with E-state index < -0.39 is 5.97 Å². The number of nitrogens with zero attached hydrogens (tertiary/aromatic N) is 4. The van der Waals surface area contributed by atoms with Crippen molar-refractivity contribution in [3.05, 3.63) is 53.5 Å². The first-order valence-corrected chi connectivity index (χ1v) is 7.50. The van der Waals surface area contributed by atoms with Gasteiger partial charge in [-0.15, -0.1) is 10.2 Å². The van der Waals surface area contributed by atoms with Gasteiger partial charge < -0.3 is 15.4 Å². The van der Waals surface area contributed by atoms with Crippen LogP contribution in [0.2, 0.25) is 0 Å². The van der Waals surface area contributed by atoms with Gasteiger partial charge in [0.15, 0.2) is 5.82 Å². The number of nitrogens with two attached hydrogens (primary N) is 1. The summed E-state index contributed by atoms with van der Waals surface area (Å²) in [6.45, 7) is 1.92. The number of hydrogen-bond donors (Lipinski definition) is 3. The molecule has 0 aliphatic heterocycles. The quantitative estimate of drug-likeness (QED) is 0.355. The van der Waals surface area contributed by atoms with Gasteiger partial charge in [0.05, 0.1) is 11.8 Å².